The van der Waals surface area contributed by atoms with Crippen LogP contribution in [0.25, 0.3) is 0 Å². The normalized spacial score (nSPS) is 23.5. The number of hydrogen-bond acceptors (Lipinski definition) is 2. The standard InChI is InChI=1S/C4H7O2/c1-5-4-2-6-3-4/h2-3H2,1H3. The summed E-state index contributed by atoms with van der Waals surface area (Å²) in [5.74, 6) is 0. The molecule has 0 aromatic rings. The fourth-order valence-electron chi connectivity index (χ4n) is 0.303. The molecule has 0 amide bonds. The summed E-state index contributed by atoms with van der Waals surface area (Å²) in [7, 11) is 1.66. The lowest BCUT2D eigenvalue weighted by Crippen LogP contribution is -2.26. The van der Waals surface area contributed by atoms with Crippen molar-refractivity contribution in [1.82, 2.24) is 0 Å². The second-order valence-corrected chi connectivity index (χ2v) is 1.24. The van der Waals surface area contributed by atoms with Crippen LogP contribution in [-0.2, 0) is 9.47 Å². The quantitative estimate of drug-likeness (QED) is 0.454. The van der Waals surface area contributed by atoms with E-state index in [9.17, 15) is 0 Å². The molecule has 1 fully saturated rings. The van der Waals surface area contributed by atoms with Crippen molar-refractivity contribution >= 4 is 0 Å². The van der Waals surface area contributed by atoms with E-state index in [0.29, 0.717) is 13.2 Å². The average molecular weight is 87.1 g/mol. The van der Waals surface area contributed by atoms with E-state index in [4.69, 9.17) is 9.47 Å². The van der Waals surface area contributed by atoms with Gasteiger partial charge >= 0.3 is 0 Å². The van der Waals surface area contributed by atoms with E-state index < -0.39 is 0 Å². The topological polar surface area (TPSA) is 18.5 Å². The van der Waals surface area contributed by atoms with Crippen LogP contribution in [0.15, 0.2) is 0 Å². The van der Waals surface area contributed by atoms with Gasteiger partial charge < -0.3 is 9.47 Å². The van der Waals surface area contributed by atoms with Crippen LogP contribution in [0.2, 0.25) is 0 Å². The fourth-order valence-corrected chi connectivity index (χ4v) is 0.303. The van der Waals surface area contributed by atoms with Crippen LogP contribution in [0.3, 0.4) is 0 Å². The Morgan fingerprint density at radius 3 is 2.33 bits per heavy atom. The highest BCUT2D eigenvalue weighted by Crippen LogP contribution is 2.10. The Balaban J connectivity index is 2.01. The summed E-state index contributed by atoms with van der Waals surface area (Å²) in [6.45, 7) is 1.41. The maximum Gasteiger partial charge on any atom is 0.147 e. The molecule has 0 unspecified atom stereocenters. The third-order valence-electron chi connectivity index (χ3n) is 0.815. The van der Waals surface area contributed by atoms with E-state index in [0.717, 1.165) is 6.10 Å². The van der Waals surface area contributed by atoms with Crippen LogP contribution >= 0.6 is 0 Å². The largest absolute Gasteiger partial charge is 0.375 e. The van der Waals surface area contributed by atoms with Crippen molar-refractivity contribution < 1.29 is 9.47 Å². The molecule has 0 atom stereocenters. The van der Waals surface area contributed by atoms with Crippen molar-refractivity contribution in [2.75, 3.05) is 20.3 Å². The molecule has 2 heteroatoms. The van der Waals surface area contributed by atoms with Crippen molar-refractivity contribution in [2.24, 2.45) is 0 Å². The van der Waals surface area contributed by atoms with Crippen molar-refractivity contribution in [1.29, 1.82) is 0 Å². The van der Waals surface area contributed by atoms with Gasteiger partial charge in [-0.2, -0.15) is 0 Å². The van der Waals surface area contributed by atoms with E-state index in [1.54, 1.807) is 7.11 Å². The summed E-state index contributed by atoms with van der Waals surface area (Å²) in [5, 5.41) is 0. The third kappa shape index (κ3) is 0.533. The molecular weight excluding hydrogens is 80.0 g/mol. The number of methoxy groups -OCH3 is 1. The summed E-state index contributed by atoms with van der Waals surface area (Å²) in [4.78, 5) is 0. The van der Waals surface area contributed by atoms with Gasteiger partial charge in [0.25, 0.3) is 0 Å². The second-order valence-electron chi connectivity index (χ2n) is 1.24. The van der Waals surface area contributed by atoms with Gasteiger partial charge in [-0.1, -0.05) is 0 Å². The molecule has 35 valence electrons. The molecule has 0 saturated carbocycles. The maximum absolute atomic E-state index is 4.78. The van der Waals surface area contributed by atoms with Crippen LogP contribution in [0.1, 0.15) is 0 Å². The highest BCUT2D eigenvalue weighted by molar-refractivity contribution is 4.84. The summed E-state index contributed by atoms with van der Waals surface area (Å²) < 4.78 is 9.54. The van der Waals surface area contributed by atoms with Gasteiger partial charge in [-0.25, -0.2) is 0 Å². The molecule has 0 aliphatic carbocycles. The van der Waals surface area contributed by atoms with Crippen LogP contribution in [-0.4, -0.2) is 20.3 Å². The third-order valence-corrected chi connectivity index (χ3v) is 0.815. The molecule has 0 aromatic heterocycles. The Bertz CT molecular complexity index is 38.1. The molecule has 0 bridgehead atoms. The number of rotatable bonds is 1. The predicted octanol–water partition coefficient (Wildman–Crippen LogP) is 0.195. The van der Waals surface area contributed by atoms with E-state index in [-0.39, 0.29) is 0 Å². The molecular formula is C4H7O2. The zero-order valence-corrected chi connectivity index (χ0v) is 3.73. The highest BCUT2D eigenvalue weighted by atomic mass is 16.6. The molecule has 1 saturated heterocycles. The zero-order chi connectivity index (χ0) is 4.41. The first-order valence-electron chi connectivity index (χ1n) is 1.90. The van der Waals surface area contributed by atoms with E-state index in [1.165, 1.54) is 0 Å². The summed E-state index contributed by atoms with van der Waals surface area (Å²) in [6, 6.07) is 0. The van der Waals surface area contributed by atoms with Gasteiger partial charge in [0.1, 0.15) is 6.10 Å². The van der Waals surface area contributed by atoms with Gasteiger partial charge in [-0.05, 0) is 0 Å². The first-order valence-corrected chi connectivity index (χ1v) is 1.90. The Labute approximate surface area is 37.1 Å². The van der Waals surface area contributed by atoms with Gasteiger partial charge in [0.2, 0.25) is 0 Å². The first-order chi connectivity index (χ1) is 2.93. The average Bonchev–Trinajstić information content (AvgIpc) is 1.31. The Kier molecular flexibility index (Phi) is 1.08. The van der Waals surface area contributed by atoms with Crippen LogP contribution in [0, 0.1) is 6.10 Å². The van der Waals surface area contributed by atoms with Crippen LogP contribution < -0.4 is 0 Å². The predicted molar refractivity (Wildman–Crippen MR) is 21.1 cm³/mol. The Morgan fingerprint density at radius 1 is 1.67 bits per heavy atom. The summed E-state index contributed by atoms with van der Waals surface area (Å²) in [5.41, 5.74) is 0. The molecule has 1 aliphatic rings. The summed E-state index contributed by atoms with van der Waals surface area (Å²) in [6.07, 6.45) is 1.05. The first kappa shape index (κ1) is 4.09. The zero-order valence-electron chi connectivity index (χ0n) is 3.73. The van der Waals surface area contributed by atoms with Gasteiger partial charge in [0.15, 0.2) is 0 Å². The molecule has 0 aromatic carbocycles. The molecule has 6 heavy (non-hydrogen) atoms. The molecule has 1 rings (SSSR count). The molecule has 2 nitrogen and oxygen atoms in total. The lowest BCUT2D eigenvalue weighted by Gasteiger charge is -2.22. The maximum atomic E-state index is 4.78. The number of hydrogen-bond donors (Lipinski definition) is 0. The smallest absolute Gasteiger partial charge is 0.147 e. The van der Waals surface area contributed by atoms with E-state index >= 15 is 0 Å². The van der Waals surface area contributed by atoms with E-state index in [2.05, 4.69) is 0 Å². The summed E-state index contributed by atoms with van der Waals surface area (Å²) >= 11 is 0. The molecule has 1 radical (unpaired) electrons. The SMILES string of the molecule is CO[C]1COC1. The molecule has 0 N–H and O–H groups in total. The minimum Gasteiger partial charge on any atom is -0.375 e. The van der Waals surface area contributed by atoms with Gasteiger partial charge in [0.05, 0.1) is 13.2 Å². The Hall–Kier alpha value is -0.0800. The highest BCUT2D eigenvalue weighted by Gasteiger charge is 2.17. The molecule has 1 aliphatic heterocycles. The van der Waals surface area contributed by atoms with Gasteiger partial charge in [-0.3, -0.25) is 0 Å². The monoisotopic (exact) mass is 87.0 g/mol. The van der Waals surface area contributed by atoms with E-state index in [1.807, 2.05) is 0 Å². The van der Waals surface area contributed by atoms with Crippen LogP contribution in [0.5, 0.6) is 0 Å². The Morgan fingerprint density at radius 2 is 2.33 bits per heavy atom. The lowest BCUT2D eigenvalue weighted by atomic mass is 10.3. The fraction of sp³-hybridized carbons (Fsp3) is 0.750. The van der Waals surface area contributed by atoms with Crippen molar-refractivity contribution in [2.45, 2.75) is 0 Å². The lowest BCUT2D eigenvalue weighted by molar-refractivity contribution is -0.0380. The minimum atomic E-state index is 0.705. The minimum absolute atomic E-state index is 0.705. The van der Waals surface area contributed by atoms with Gasteiger partial charge in [-0.15, -0.1) is 0 Å². The van der Waals surface area contributed by atoms with Gasteiger partial charge in [0, 0.05) is 7.11 Å². The second kappa shape index (κ2) is 1.58. The van der Waals surface area contributed by atoms with Crippen molar-refractivity contribution in [3.05, 3.63) is 6.10 Å². The van der Waals surface area contributed by atoms with Crippen molar-refractivity contribution in [3.63, 3.8) is 0 Å². The van der Waals surface area contributed by atoms with Crippen LogP contribution in [0.4, 0.5) is 0 Å². The van der Waals surface area contributed by atoms with Crippen molar-refractivity contribution in [3.8, 4) is 0 Å². The number of ether oxygens (including phenoxy) is 2. The molecule has 1 heterocycles. The molecule has 0 spiro atoms.